The maximum atomic E-state index is 12.9. The van der Waals surface area contributed by atoms with Crippen molar-refractivity contribution in [3.63, 3.8) is 0 Å². The van der Waals surface area contributed by atoms with Gasteiger partial charge in [-0.15, -0.1) is 0 Å². The smallest absolute Gasteiger partial charge is 0.306 e. The second-order valence-corrected chi connectivity index (χ2v) is 22.4. The lowest BCUT2D eigenvalue weighted by Gasteiger charge is -2.18. The third-order valence-electron chi connectivity index (χ3n) is 14.6. The highest BCUT2D eigenvalue weighted by Crippen LogP contribution is 2.17. The van der Waals surface area contributed by atoms with E-state index in [0.717, 1.165) is 116 Å². The topological polar surface area (TPSA) is 78.9 Å². The first-order valence-corrected chi connectivity index (χ1v) is 33.7. The van der Waals surface area contributed by atoms with Crippen LogP contribution in [0.1, 0.15) is 329 Å². The van der Waals surface area contributed by atoms with E-state index in [1.165, 1.54) is 173 Å². The van der Waals surface area contributed by atoms with Gasteiger partial charge < -0.3 is 14.2 Å². The minimum Gasteiger partial charge on any atom is -0.462 e. The van der Waals surface area contributed by atoms with Crippen molar-refractivity contribution in [3.8, 4) is 0 Å². The first-order valence-electron chi connectivity index (χ1n) is 33.7. The minimum atomic E-state index is -0.796. The van der Waals surface area contributed by atoms with Crippen LogP contribution in [0.25, 0.3) is 0 Å². The number of ether oxygens (including phenoxy) is 3. The summed E-state index contributed by atoms with van der Waals surface area (Å²) < 4.78 is 16.9. The van der Waals surface area contributed by atoms with Gasteiger partial charge in [-0.25, -0.2) is 0 Å². The average molecular weight is 1100 g/mol. The van der Waals surface area contributed by atoms with Gasteiger partial charge in [0, 0.05) is 19.3 Å². The van der Waals surface area contributed by atoms with E-state index >= 15 is 0 Å². The molecule has 0 radical (unpaired) electrons. The van der Waals surface area contributed by atoms with Crippen LogP contribution < -0.4 is 0 Å². The second-order valence-electron chi connectivity index (χ2n) is 22.4. The number of carbonyl (C=O) groups is 3. The number of allylic oxidation sites excluding steroid dienone is 16. The number of rotatable bonds is 61. The van der Waals surface area contributed by atoms with Gasteiger partial charge in [-0.2, -0.15) is 0 Å². The van der Waals surface area contributed by atoms with Crippen molar-refractivity contribution in [3.05, 3.63) is 97.2 Å². The third kappa shape index (κ3) is 65.0. The lowest BCUT2D eigenvalue weighted by molar-refractivity contribution is -0.167. The van der Waals surface area contributed by atoms with Crippen LogP contribution in [0.4, 0.5) is 0 Å². The van der Waals surface area contributed by atoms with Gasteiger partial charge in [0.1, 0.15) is 13.2 Å². The Morgan fingerprint density at radius 1 is 0.266 bits per heavy atom. The van der Waals surface area contributed by atoms with Crippen LogP contribution in [0.5, 0.6) is 0 Å². The molecule has 0 aliphatic rings. The standard InChI is InChI=1S/C73H126O6/c1-4-7-10-13-16-19-22-25-28-30-32-34-36-37-38-40-41-43-45-48-51-54-57-60-63-66-72(75)78-69-70(68-77-71(74)65-62-59-56-53-50-47-27-24-21-18-15-12-9-6-3)79-73(76)67-64-61-58-55-52-49-46-44-42-39-35-33-31-29-26-23-20-17-14-11-8-5-2/h7,10,16,19,24-25,27-28,32,34,37-38,41,43,48,51,70H,4-6,8-9,11-15,17-18,20-23,26,29-31,33,35-36,39-40,42,44-47,49-50,52-69H2,1-3H3/b10-7-,19-16-,27-24-,28-25-,34-32-,38-37-,43-41-,51-48-. The first kappa shape index (κ1) is 75.3. The molecule has 0 aliphatic heterocycles. The van der Waals surface area contributed by atoms with E-state index in [1.807, 2.05) is 0 Å². The van der Waals surface area contributed by atoms with Crippen molar-refractivity contribution in [2.24, 2.45) is 0 Å². The Kier molecular flexibility index (Phi) is 63.7. The van der Waals surface area contributed by atoms with E-state index in [9.17, 15) is 14.4 Å². The number of hydrogen-bond donors (Lipinski definition) is 0. The summed E-state index contributed by atoms with van der Waals surface area (Å²) in [5.74, 6) is -0.917. The van der Waals surface area contributed by atoms with Crippen molar-refractivity contribution in [2.75, 3.05) is 13.2 Å². The molecule has 0 saturated carbocycles. The summed E-state index contributed by atoms with van der Waals surface area (Å²) in [5, 5.41) is 0. The molecule has 0 heterocycles. The summed E-state index contributed by atoms with van der Waals surface area (Å²) in [5.41, 5.74) is 0. The molecule has 0 amide bonds. The van der Waals surface area contributed by atoms with E-state index in [4.69, 9.17) is 14.2 Å². The molecule has 0 rings (SSSR count). The molecule has 1 atom stereocenters. The lowest BCUT2D eigenvalue weighted by atomic mass is 10.0. The molecule has 0 N–H and O–H groups in total. The molecule has 79 heavy (non-hydrogen) atoms. The summed E-state index contributed by atoms with van der Waals surface area (Å²) in [6.45, 7) is 6.52. The summed E-state index contributed by atoms with van der Waals surface area (Å²) >= 11 is 0. The monoisotopic (exact) mass is 1100 g/mol. The van der Waals surface area contributed by atoms with Crippen LogP contribution >= 0.6 is 0 Å². The molecule has 0 bridgehead atoms. The lowest BCUT2D eigenvalue weighted by Crippen LogP contribution is -2.30. The maximum absolute atomic E-state index is 12.9. The fourth-order valence-electron chi connectivity index (χ4n) is 9.54. The van der Waals surface area contributed by atoms with E-state index < -0.39 is 6.10 Å². The van der Waals surface area contributed by atoms with Gasteiger partial charge in [0.2, 0.25) is 0 Å². The van der Waals surface area contributed by atoms with Gasteiger partial charge >= 0.3 is 17.9 Å². The molecule has 6 heteroatoms. The van der Waals surface area contributed by atoms with Crippen molar-refractivity contribution in [2.45, 2.75) is 335 Å². The largest absolute Gasteiger partial charge is 0.462 e. The molecule has 0 aliphatic carbocycles. The molecule has 0 saturated heterocycles. The predicted molar refractivity (Wildman–Crippen MR) is 344 cm³/mol. The molecule has 0 aromatic carbocycles. The van der Waals surface area contributed by atoms with E-state index in [1.54, 1.807) is 0 Å². The van der Waals surface area contributed by atoms with Crippen LogP contribution in [-0.2, 0) is 28.6 Å². The summed E-state index contributed by atoms with van der Waals surface area (Å²) in [4.78, 5) is 38.4. The van der Waals surface area contributed by atoms with E-state index in [-0.39, 0.29) is 31.1 Å². The Bertz CT molecular complexity index is 1540. The summed E-state index contributed by atoms with van der Waals surface area (Å²) in [7, 11) is 0. The van der Waals surface area contributed by atoms with E-state index in [0.29, 0.717) is 19.3 Å². The first-order chi connectivity index (χ1) is 39.0. The van der Waals surface area contributed by atoms with Crippen molar-refractivity contribution >= 4 is 17.9 Å². The summed E-state index contributed by atoms with van der Waals surface area (Å²) in [6.07, 6.45) is 89.9. The van der Waals surface area contributed by atoms with Crippen LogP contribution in [0, 0.1) is 0 Å². The fourth-order valence-corrected chi connectivity index (χ4v) is 9.54. The second kappa shape index (κ2) is 66.8. The highest BCUT2D eigenvalue weighted by atomic mass is 16.6. The minimum absolute atomic E-state index is 0.0902. The zero-order valence-electron chi connectivity index (χ0n) is 52.1. The van der Waals surface area contributed by atoms with Crippen LogP contribution in [0.15, 0.2) is 97.2 Å². The van der Waals surface area contributed by atoms with Crippen LogP contribution in [0.3, 0.4) is 0 Å². The van der Waals surface area contributed by atoms with E-state index in [2.05, 4.69) is 118 Å². The van der Waals surface area contributed by atoms with Gasteiger partial charge in [-0.1, -0.05) is 304 Å². The number of unbranched alkanes of at least 4 members (excludes halogenated alkanes) is 34. The molecule has 0 aromatic rings. The molecule has 1 unspecified atom stereocenters. The molecule has 0 spiro atoms. The Morgan fingerprint density at radius 3 is 0.797 bits per heavy atom. The van der Waals surface area contributed by atoms with Crippen LogP contribution in [0.2, 0.25) is 0 Å². The highest BCUT2D eigenvalue weighted by molar-refractivity contribution is 5.71. The zero-order valence-corrected chi connectivity index (χ0v) is 52.1. The van der Waals surface area contributed by atoms with Crippen molar-refractivity contribution in [1.82, 2.24) is 0 Å². The SMILES string of the molecule is CC/C=C\C/C=C\C/C=C\C/C=C\C/C=C\C/C=C\C/C=C\CCCCCC(=O)OCC(COC(=O)CCCCCCC/C=C\CCCCCCC)OC(=O)CCCCCCCCCCCCCCCCCCCCCCCC. The fraction of sp³-hybridized carbons (Fsp3) is 0.740. The number of carbonyl (C=O) groups excluding carboxylic acids is 3. The quantitative estimate of drug-likeness (QED) is 0.0261. The molecular formula is C73H126O6. The van der Waals surface area contributed by atoms with Gasteiger partial charge in [0.25, 0.3) is 0 Å². The molecular weight excluding hydrogens is 973 g/mol. The normalized spacial score (nSPS) is 12.7. The zero-order chi connectivity index (χ0) is 57.1. The van der Waals surface area contributed by atoms with Crippen molar-refractivity contribution in [1.29, 1.82) is 0 Å². The Balaban J connectivity index is 4.39. The molecule has 6 nitrogen and oxygen atoms in total. The Morgan fingerprint density at radius 2 is 0.494 bits per heavy atom. The average Bonchev–Trinajstić information content (AvgIpc) is 3.45. The molecule has 0 aromatic heterocycles. The third-order valence-corrected chi connectivity index (χ3v) is 14.6. The van der Waals surface area contributed by atoms with Gasteiger partial charge in [-0.3, -0.25) is 14.4 Å². The highest BCUT2D eigenvalue weighted by Gasteiger charge is 2.19. The van der Waals surface area contributed by atoms with Gasteiger partial charge in [-0.05, 0) is 103 Å². The molecule has 454 valence electrons. The number of esters is 3. The maximum Gasteiger partial charge on any atom is 0.306 e. The predicted octanol–water partition coefficient (Wildman–Crippen LogP) is 23.2. The molecule has 0 fully saturated rings. The number of hydrogen-bond acceptors (Lipinski definition) is 6. The summed E-state index contributed by atoms with van der Waals surface area (Å²) in [6, 6.07) is 0. The van der Waals surface area contributed by atoms with Gasteiger partial charge in [0.05, 0.1) is 0 Å². The Labute approximate surface area is 489 Å². The van der Waals surface area contributed by atoms with Crippen LogP contribution in [-0.4, -0.2) is 37.2 Å². The Hall–Kier alpha value is -3.67. The van der Waals surface area contributed by atoms with Gasteiger partial charge in [0.15, 0.2) is 6.10 Å². The van der Waals surface area contributed by atoms with Crippen molar-refractivity contribution < 1.29 is 28.6 Å².